The van der Waals surface area contributed by atoms with Crippen molar-refractivity contribution in [2.75, 3.05) is 0 Å². The highest BCUT2D eigenvalue weighted by molar-refractivity contribution is 5.08. The topological polar surface area (TPSA) is 50.9 Å². The van der Waals surface area contributed by atoms with Gasteiger partial charge in [-0.05, 0) is 49.1 Å². The monoisotopic (exact) mass is 261 g/mol. The maximum absolute atomic E-state index is 5.77. The molecule has 3 nitrogen and oxygen atoms in total. The van der Waals surface area contributed by atoms with Crippen molar-refractivity contribution in [2.24, 2.45) is 17.7 Å². The van der Waals surface area contributed by atoms with Crippen LogP contribution >= 0.6 is 0 Å². The third kappa shape index (κ3) is 4.29. The van der Waals surface area contributed by atoms with E-state index in [4.69, 9.17) is 5.84 Å². The molecule has 3 N–H and O–H groups in total. The average Bonchev–Trinajstić information content (AvgIpc) is 2.49. The first kappa shape index (κ1) is 14.5. The molecule has 106 valence electrons. The number of nitrogens with two attached hydrogens (primary N) is 1. The van der Waals surface area contributed by atoms with Crippen LogP contribution in [0.15, 0.2) is 24.5 Å². The van der Waals surface area contributed by atoms with Crippen molar-refractivity contribution >= 4 is 0 Å². The Morgan fingerprint density at radius 3 is 2.74 bits per heavy atom. The molecule has 1 aromatic rings. The first-order valence-corrected chi connectivity index (χ1v) is 7.68. The largest absolute Gasteiger partial charge is 0.271 e. The van der Waals surface area contributed by atoms with Gasteiger partial charge in [-0.15, -0.1) is 0 Å². The van der Waals surface area contributed by atoms with E-state index in [-0.39, 0.29) is 0 Å². The number of hydrazine groups is 1. The Kier molecular flexibility index (Phi) is 5.80. The van der Waals surface area contributed by atoms with Gasteiger partial charge in [-0.3, -0.25) is 16.3 Å². The van der Waals surface area contributed by atoms with Crippen LogP contribution in [0.4, 0.5) is 0 Å². The van der Waals surface area contributed by atoms with Crippen molar-refractivity contribution in [3.63, 3.8) is 0 Å². The first-order valence-electron chi connectivity index (χ1n) is 7.68. The van der Waals surface area contributed by atoms with Crippen molar-refractivity contribution < 1.29 is 0 Å². The van der Waals surface area contributed by atoms with Gasteiger partial charge in [0.1, 0.15) is 0 Å². The van der Waals surface area contributed by atoms with Crippen LogP contribution in [0, 0.1) is 11.8 Å². The van der Waals surface area contributed by atoms with E-state index in [9.17, 15) is 0 Å². The number of aryl methyl sites for hydroxylation is 1. The zero-order valence-electron chi connectivity index (χ0n) is 12.0. The minimum absolute atomic E-state index is 0.456. The highest BCUT2D eigenvalue weighted by Crippen LogP contribution is 2.33. The molecule has 1 aromatic heterocycles. The number of pyridine rings is 1. The molecule has 0 amide bonds. The number of hydrogen-bond donors (Lipinski definition) is 2. The van der Waals surface area contributed by atoms with Crippen LogP contribution in [0.2, 0.25) is 0 Å². The number of nitrogens with one attached hydrogen (secondary N) is 1. The Balaban J connectivity index is 1.80. The number of rotatable bonds is 6. The Hall–Kier alpha value is -0.930. The van der Waals surface area contributed by atoms with Gasteiger partial charge in [0.2, 0.25) is 0 Å². The van der Waals surface area contributed by atoms with Gasteiger partial charge < -0.3 is 0 Å². The summed E-state index contributed by atoms with van der Waals surface area (Å²) in [5.41, 5.74) is 4.36. The van der Waals surface area contributed by atoms with Crippen LogP contribution in [-0.4, -0.2) is 11.0 Å². The molecule has 0 radical (unpaired) electrons. The second kappa shape index (κ2) is 7.61. The van der Waals surface area contributed by atoms with Crippen LogP contribution in [0.1, 0.15) is 51.0 Å². The number of nitrogens with zero attached hydrogens (tertiary/aromatic N) is 1. The van der Waals surface area contributed by atoms with Gasteiger partial charge in [-0.1, -0.05) is 32.3 Å². The molecule has 1 unspecified atom stereocenters. The summed E-state index contributed by atoms with van der Waals surface area (Å²) in [5.74, 6) is 7.48. The van der Waals surface area contributed by atoms with Crippen LogP contribution < -0.4 is 11.3 Å². The fourth-order valence-corrected chi connectivity index (χ4v) is 3.32. The molecule has 1 saturated carbocycles. The summed E-state index contributed by atoms with van der Waals surface area (Å²) in [6.07, 6.45) is 12.7. The molecular weight excluding hydrogens is 234 g/mol. The zero-order chi connectivity index (χ0) is 13.5. The van der Waals surface area contributed by atoms with Gasteiger partial charge in [0.25, 0.3) is 0 Å². The van der Waals surface area contributed by atoms with E-state index in [0.29, 0.717) is 6.04 Å². The molecule has 19 heavy (non-hydrogen) atoms. The molecule has 1 aliphatic carbocycles. The highest BCUT2D eigenvalue weighted by Gasteiger charge is 2.26. The summed E-state index contributed by atoms with van der Waals surface area (Å²) in [5, 5.41) is 0. The van der Waals surface area contributed by atoms with E-state index in [1.54, 1.807) is 0 Å². The zero-order valence-corrected chi connectivity index (χ0v) is 12.0. The molecule has 3 heteroatoms. The second-order valence-corrected chi connectivity index (χ2v) is 5.86. The third-order valence-electron chi connectivity index (χ3n) is 4.72. The Morgan fingerprint density at radius 2 is 2.16 bits per heavy atom. The lowest BCUT2D eigenvalue weighted by molar-refractivity contribution is 0.211. The average molecular weight is 261 g/mol. The van der Waals surface area contributed by atoms with Gasteiger partial charge in [0.05, 0.1) is 0 Å². The van der Waals surface area contributed by atoms with E-state index in [1.165, 1.54) is 37.7 Å². The first-order chi connectivity index (χ1) is 9.33. The Morgan fingerprint density at radius 1 is 1.37 bits per heavy atom. The van der Waals surface area contributed by atoms with Crippen LogP contribution in [0.25, 0.3) is 0 Å². The second-order valence-electron chi connectivity index (χ2n) is 5.86. The predicted octanol–water partition coefficient (Wildman–Crippen LogP) is 3.06. The molecule has 0 spiro atoms. The lowest BCUT2D eigenvalue weighted by Gasteiger charge is -2.33. The Bertz CT molecular complexity index is 344. The van der Waals surface area contributed by atoms with Gasteiger partial charge in [-0.25, -0.2) is 0 Å². The van der Waals surface area contributed by atoms with Crippen molar-refractivity contribution in [1.82, 2.24) is 10.4 Å². The van der Waals surface area contributed by atoms with Gasteiger partial charge in [0, 0.05) is 18.4 Å². The maximum Gasteiger partial charge on any atom is 0.0299 e. The predicted molar refractivity (Wildman–Crippen MR) is 79.4 cm³/mol. The fourth-order valence-electron chi connectivity index (χ4n) is 3.32. The summed E-state index contributed by atoms with van der Waals surface area (Å²) < 4.78 is 0. The third-order valence-corrected chi connectivity index (χ3v) is 4.72. The maximum atomic E-state index is 5.77. The van der Waals surface area contributed by atoms with Crippen LogP contribution in [-0.2, 0) is 6.42 Å². The fraction of sp³-hybridized carbons (Fsp3) is 0.688. The van der Waals surface area contributed by atoms with Crippen molar-refractivity contribution in [3.8, 4) is 0 Å². The van der Waals surface area contributed by atoms with E-state index >= 15 is 0 Å². The molecular formula is C16H27N3. The lowest BCUT2D eigenvalue weighted by Crippen LogP contribution is -2.42. The molecule has 0 bridgehead atoms. The molecule has 1 aliphatic rings. The van der Waals surface area contributed by atoms with Crippen LogP contribution in [0.3, 0.4) is 0 Å². The van der Waals surface area contributed by atoms with E-state index in [0.717, 1.165) is 24.7 Å². The van der Waals surface area contributed by atoms with E-state index in [2.05, 4.69) is 23.4 Å². The Labute approximate surface area is 117 Å². The highest BCUT2D eigenvalue weighted by atomic mass is 15.2. The van der Waals surface area contributed by atoms with E-state index in [1.807, 2.05) is 18.5 Å². The standard InChI is InChI=1S/C16H27N3/c1-2-13-5-8-15(9-6-13)16(19-17)10-7-14-4-3-11-18-12-14/h3-4,11-13,15-16,19H,2,5-10,17H2,1H3. The quantitative estimate of drug-likeness (QED) is 0.611. The number of aromatic nitrogens is 1. The smallest absolute Gasteiger partial charge is 0.0299 e. The summed E-state index contributed by atoms with van der Waals surface area (Å²) in [6.45, 7) is 2.31. The molecule has 1 heterocycles. The van der Waals surface area contributed by atoms with Crippen molar-refractivity contribution in [3.05, 3.63) is 30.1 Å². The molecule has 0 aliphatic heterocycles. The van der Waals surface area contributed by atoms with Gasteiger partial charge in [0.15, 0.2) is 0 Å². The molecule has 0 saturated heterocycles. The lowest BCUT2D eigenvalue weighted by atomic mass is 9.76. The summed E-state index contributed by atoms with van der Waals surface area (Å²) >= 11 is 0. The molecule has 1 fully saturated rings. The minimum Gasteiger partial charge on any atom is -0.271 e. The summed E-state index contributed by atoms with van der Waals surface area (Å²) in [7, 11) is 0. The van der Waals surface area contributed by atoms with Crippen molar-refractivity contribution in [1.29, 1.82) is 0 Å². The minimum atomic E-state index is 0.456. The van der Waals surface area contributed by atoms with E-state index < -0.39 is 0 Å². The van der Waals surface area contributed by atoms with Gasteiger partial charge >= 0.3 is 0 Å². The van der Waals surface area contributed by atoms with Crippen molar-refractivity contribution in [2.45, 2.75) is 57.9 Å². The van der Waals surface area contributed by atoms with Crippen LogP contribution in [0.5, 0.6) is 0 Å². The summed E-state index contributed by atoms with van der Waals surface area (Å²) in [4.78, 5) is 4.17. The molecule has 2 rings (SSSR count). The number of hydrogen-bond acceptors (Lipinski definition) is 3. The summed E-state index contributed by atoms with van der Waals surface area (Å²) in [6, 6.07) is 4.61. The SMILES string of the molecule is CCC1CCC(C(CCc2cccnc2)NN)CC1. The molecule has 0 aromatic carbocycles. The normalized spacial score (nSPS) is 25.2. The van der Waals surface area contributed by atoms with Gasteiger partial charge in [-0.2, -0.15) is 0 Å². The molecule has 1 atom stereocenters.